The standard InChI is InChI=1S/C13H14ClN5O/c1-19(8-9-3-2-4-10(14)5-9)13(20)11-6-16-7-12(17-11)18-15/h2-7H,8,15H2,1H3,(H,17,18). The number of carbonyl (C=O) groups excluding carboxylic acids is 1. The second-order valence-electron chi connectivity index (χ2n) is 4.23. The molecule has 2 aromatic rings. The van der Waals surface area contributed by atoms with Crippen LogP contribution in [0.25, 0.3) is 0 Å². The maximum atomic E-state index is 12.2. The topological polar surface area (TPSA) is 84.1 Å². The highest BCUT2D eigenvalue weighted by molar-refractivity contribution is 6.30. The second-order valence-corrected chi connectivity index (χ2v) is 4.66. The Morgan fingerprint density at radius 2 is 2.25 bits per heavy atom. The average molecular weight is 292 g/mol. The van der Waals surface area contributed by atoms with E-state index in [2.05, 4.69) is 15.4 Å². The molecular formula is C13H14ClN5O. The maximum Gasteiger partial charge on any atom is 0.274 e. The van der Waals surface area contributed by atoms with Gasteiger partial charge in [-0.3, -0.25) is 9.78 Å². The molecule has 0 saturated carbocycles. The van der Waals surface area contributed by atoms with Crippen LogP contribution in [0.1, 0.15) is 16.1 Å². The van der Waals surface area contributed by atoms with Crippen LogP contribution >= 0.6 is 11.6 Å². The number of nitrogen functional groups attached to an aromatic ring is 1. The molecule has 0 radical (unpaired) electrons. The Labute approximate surface area is 121 Å². The van der Waals surface area contributed by atoms with E-state index >= 15 is 0 Å². The number of amides is 1. The number of nitrogens with two attached hydrogens (primary N) is 1. The lowest BCUT2D eigenvalue weighted by Crippen LogP contribution is -2.27. The number of hydrogen-bond donors (Lipinski definition) is 2. The molecule has 3 N–H and O–H groups in total. The Balaban J connectivity index is 2.12. The SMILES string of the molecule is CN(Cc1cccc(Cl)c1)C(=O)c1cncc(NN)n1. The van der Waals surface area contributed by atoms with Crippen LogP contribution in [0.5, 0.6) is 0 Å². The van der Waals surface area contributed by atoms with Gasteiger partial charge in [-0.2, -0.15) is 0 Å². The smallest absolute Gasteiger partial charge is 0.274 e. The molecule has 0 unspecified atom stereocenters. The number of nitrogens with zero attached hydrogens (tertiary/aromatic N) is 3. The highest BCUT2D eigenvalue weighted by Crippen LogP contribution is 2.13. The molecule has 0 bridgehead atoms. The number of benzene rings is 1. The molecule has 0 fully saturated rings. The Hall–Kier alpha value is -2.18. The summed E-state index contributed by atoms with van der Waals surface area (Å²) in [5.74, 6) is 5.34. The van der Waals surface area contributed by atoms with Gasteiger partial charge in [0.25, 0.3) is 5.91 Å². The Morgan fingerprint density at radius 1 is 1.45 bits per heavy atom. The summed E-state index contributed by atoms with van der Waals surface area (Å²) in [6.45, 7) is 0.432. The van der Waals surface area contributed by atoms with Crippen LogP contribution in [0.3, 0.4) is 0 Å². The minimum absolute atomic E-state index is 0.227. The summed E-state index contributed by atoms with van der Waals surface area (Å²) in [5.41, 5.74) is 3.52. The molecule has 0 saturated heterocycles. The summed E-state index contributed by atoms with van der Waals surface area (Å²) < 4.78 is 0. The number of anilines is 1. The van der Waals surface area contributed by atoms with E-state index < -0.39 is 0 Å². The summed E-state index contributed by atoms with van der Waals surface area (Å²) in [7, 11) is 1.69. The van der Waals surface area contributed by atoms with Gasteiger partial charge in [-0.15, -0.1) is 0 Å². The molecule has 1 aromatic heterocycles. The third kappa shape index (κ3) is 3.43. The normalized spacial score (nSPS) is 10.2. The van der Waals surface area contributed by atoms with E-state index in [1.165, 1.54) is 17.3 Å². The number of hydrazine groups is 1. The summed E-state index contributed by atoms with van der Waals surface area (Å²) in [6.07, 6.45) is 2.84. The molecule has 0 spiro atoms. The molecular weight excluding hydrogens is 278 g/mol. The average Bonchev–Trinajstić information content (AvgIpc) is 2.46. The van der Waals surface area contributed by atoms with Crippen LogP contribution in [0.15, 0.2) is 36.7 Å². The minimum atomic E-state index is -0.241. The third-order valence-corrected chi connectivity index (χ3v) is 2.89. The molecule has 0 aliphatic rings. The first-order valence-corrected chi connectivity index (χ1v) is 6.26. The third-order valence-electron chi connectivity index (χ3n) is 2.66. The van der Waals surface area contributed by atoms with Crippen molar-refractivity contribution in [3.63, 3.8) is 0 Å². The molecule has 1 amide bonds. The van der Waals surface area contributed by atoms with Crippen molar-refractivity contribution >= 4 is 23.3 Å². The van der Waals surface area contributed by atoms with E-state index in [0.29, 0.717) is 17.4 Å². The monoisotopic (exact) mass is 291 g/mol. The Morgan fingerprint density at radius 3 is 2.95 bits per heavy atom. The molecule has 7 heteroatoms. The molecule has 1 heterocycles. The van der Waals surface area contributed by atoms with Crippen LogP contribution < -0.4 is 11.3 Å². The fourth-order valence-corrected chi connectivity index (χ4v) is 1.93. The highest BCUT2D eigenvalue weighted by atomic mass is 35.5. The summed E-state index contributed by atoms with van der Waals surface area (Å²) in [5, 5.41) is 0.637. The number of carbonyl (C=O) groups is 1. The fourth-order valence-electron chi connectivity index (χ4n) is 1.72. The number of hydrogen-bond acceptors (Lipinski definition) is 5. The quantitative estimate of drug-likeness (QED) is 0.661. The van der Waals surface area contributed by atoms with Crippen molar-refractivity contribution in [2.45, 2.75) is 6.54 Å². The summed E-state index contributed by atoms with van der Waals surface area (Å²) in [4.78, 5) is 21.7. The van der Waals surface area contributed by atoms with Gasteiger partial charge in [0.15, 0.2) is 5.82 Å². The van der Waals surface area contributed by atoms with Gasteiger partial charge < -0.3 is 10.3 Å². The first-order chi connectivity index (χ1) is 9.60. The minimum Gasteiger partial charge on any atom is -0.336 e. The molecule has 0 aliphatic heterocycles. The van der Waals surface area contributed by atoms with Crippen LogP contribution in [0, 0.1) is 0 Å². The van der Waals surface area contributed by atoms with Crippen molar-refractivity contribution in [3.8, 4) is 0 Å². The van der Waals surface area contributed by atoms with Crippen molar-refractivity contribution in [3.05, 3.63) is 52.9 Å². The number of rotatable bonds is 4. The number of nitrogens with one attached hydrogen (secondary N) is 1. The largest absolute Gasteiger partial charge is 0.336 e. The van der Waals surface area contributed by atoms with Gasteiger partial charge in [0.1, 0.15) is 5.69 Å². The number of halogens is 1. The fraction of sp³-hybridized carbons (Fsp3) is 0.154. The van der Waals surface area contributed by atoms with Crippen molar-refractivity contribution < 1.29 is 4.79 Å². The van der Waals surface area contributed by atoms with Gasteiger partial charge in [0.2, 0.25) is 0 Å². The lowest BCUT2D eigenvalue weighted by Gasteiger charge is -2.17. The predicted molar refractivity (Wildman–Crippen MR) is 77.1 cm³/mol. The second kappa shape index (κ2) is 6.31. The van der Waals surface area contributed by atoms with Crippen LogP contribution in [-0.4, -0.2) is 27.8 Å². The molecule has 1 aromatic carbocycles. The molecule has 0 aliphatic carbocycles. The van der Waals surface area contributed by atoms with E-state index in [1.54, 1.807) is 13.1 Å². The van der Waals surface area contributed by atoms with E-state index in [0.717, 1.165) is 5.56 Å². The van der Waals surface area contributed by atoms with Gasteiger partial charge in [-0.1, -0.05) is 23.7 Å². The molecule has 6 nitrogen and oxygen atoms in total. The van der Waals surface area contributed by atoms with Crippen LogP contribution in [0.4, 0.5) is 5.82 Å². The lowest BCUT2D eigenvalue weighted by molar-refractivity contribution is 0.0779. The van der Waals surface area contributed by atoms with Gasteiger partial charge in [-0.05, 0) is 17.7 Å². The lowest BCUT2D eigenvalue weighted by atomic mass is 10.2. The maximum absolute atomic E-state index is 12.2. The Bertz CT molecular complexity index is 619. The van der Waals surface area contributed by atoms with Crippen molar-refractivity contribution in [2.24, 2.45) is 5.84 Å². The molecule has 0 atom stereocenters. The van der Waals surface area contributed by atoms with E-state index in [1.807, 2.05) is 18.2 Å². The molecule has 104 valence electrons. The van der Waals surface area contributed by atoms with Gasteiger partial charge in [-0.25, -0.2) is 10.8 Å². The van der Waals surface area contributed by atoms with Crippen LogP contribution in [0.2, 0.25) is 5.02 Å². The zero-order chi connectivity index (χ0) is 14.5. The first kappa shape index (κ1) is 14.2. The Kier molecular flexibility index (Phi) is 4.49. The highest BCUT2D eigenvalue weighted by Gasteiger charge is 2.14. The van der Waals surface area contributed by atoms with E-state index in [-0.39, 0.29) is 11.6 Å². The predicted octanol–water partition coefficient (Wildman–Crippen LogP) is 1.69. The zero-order valence-corrected chi connectivity index (χ0v) is 11.6. The summed E-state index contributed by atoms with van der Waals surface area (Å²) >= 11 is 5.92. The van der Waals surface area contributed by atoms with Gasteiger partial charge in [0.05, 0.1) is 12.4 Å². The summed E-state index contributed by atoms with van der Waals surface area (Å²) in [6, 6.07) is 7.34. The number of aromatic nitrogens is 2. The van der Waals surface area contributed by atoms with Crippen LogP contribution in [-0.2, 0) is 6.54 Å². The van der Waals surface area contributed by atoms with Crippen molar-refractivity contribution in [1.29, 1.82) is 0 Å². The van der Waals surface area contributed by atoms with Gasteiger partial charge in [0, 0.05) is 18.6 Å². The van der Waals surface area contributed by atoms with E-state index in [4.69, 9.17) is 17.4 Å². The zero-order valence-electron chi connectivity index (χ0n) is 10.9. The first-order valence-electron chi connectivity index (χ1n) is 5.88. The van der Waals surface area contributed by atoms with Gasteiger partial charge >= 0.3 is 0 Å². The molecule has 2 rings (SSSR count). The van der Waals surface area contributed by atoms with E-state index in [9.17, 15) is 4.79 Å². The molecule has 20 heavy (non-hydrogen) atoms. The van der Waals surface area contributed by atoms with Crippen molar-refractivity contribution in [2.75, 3.05) is 12.5 Å². The van der Waals surface area contributed by atoms with Crippen molar-refractivity contribution in [1.82, 2.24) is 14.9 Å².